The Balaban J connectivity index is 1.49. The fraction of sp³-hybridized carbons (Fsp3) is 0.333. The number of hydrogen-bond donors (Lipinski definition) is 0. The molecular formula is C24H26FNO4S2. The van der Waals surface area contributed by atoms with Crippen molar-refractivity contribution in [2.75, 3.05) is 19.8 Å². The van der Waals surface area contributed by atoms with Crippen LogP contribution in [0.5, 0.6) is 5.75 Å². The number of benzene rings is 2. The van der Waals surface area contributed by atoms with Gasteiger partial charge in [-0.2, -0.15) is 4.31 Å². The number of nitrogens with zero attached hydrogens (tertiary/aromatic N) is 1. The maximum atomic E-state index is 13.3. The lowest BCUT2D eigenvalue weighted by atomic mass is 10.2. The second-order valence-corrected chi connectivity index (χ2v) is 10.7. The Bertz CT molecular complexity index is 1100. The van der Waals surface area contributed by atoms with Crippen molar-refractivity contribution in [1.29, 1.82) is 0 Å². The standard InChI is InChI=1S/C24H26FNO4S2/c25-20-8-10-24(11-9-20)32(27,28)26(18-22-6-2-13-29-22)17-19-4-1-5-21(16-19)30-14-12-23-7-3-15-31-23/h1,3-5,7-11,15-16,22H,2,6,12-14,17-18H2/t22-/m1/s1. The molecule has 0 aliphatic carbocycles. The van der Waals surface area contributed by atoms with Crippen LogP contribution in [0.4, 0.5) is 4.39 Å². The van der Waals surface area contributed by atoms with E-state index in [1.165, 1.54) is 33.4 Å². The summed E-state index contributed by atoms with van der Waals surface area (Å²) in [4.78, 5) is 1.33. The highest BCUT2D eigenvalue weighted by molar-refractivity contribution is 7.89. The molecule has 1 aliphatic rings. The van der Waals surface area contributed by atoms with Gasteiger partial charge in [-0.1, -0.05) is 18.2 Å². The van der Waals surface area contributed by atoms with E-state index in [9.17, 15) is 12.8 Å². The zero-order valence-electron chi connectivity index (χ0n) is 17.7. The topological polar surface area (TPSA) is 55.8 Å². The van der Waals surface area contributed by atoms with Crippen molar-refractivity contribution >= 4 is 21.4 Å². The van der Waals surface area contributed by atoms with E-state index in [1.807, 2.05) is 35.7 Å². The highest BCUT2D eigenvalue weighted by Crippen LogP contribution is 2.24. The van der Waals surface area contributed by atoms with Crippen LogP contribution in [-0.2, 0) is 27.7 Å². The van der Waals surface area contributed by atoms with E-state index >= 15 is 0 Å². The van der Waals surface area contributed by atoms with Crippen molar-refractivity contribution in [2.24, 2.45) is 0 Å². The van der Waals surface area contributed by atoms with Crippen LogP contribution in [0.15, 0.2) is 70.9 Å². The van der Waals surface area contributed by atoms with Crippen LogP contribution in [0.2, 0.25) is 0 Å². The Morgan fingerprint density at radius 3 is 2.69 bits per heavy atom. The van der Waals surface area contributed by atoms with Gasteiger partial charge in [0.1, 0.15) is 11.6 Å². The summed E-state index contributed by atoms with van der Waals surface area (Å²) in [6, 6.07) is 16.5. The second kappa shape index (κ2) is 10.6. The van der Waals surface area contributed by atoms with E-state index in [-0.39, 0.29) is 24.1 Å². The average Bonchev–Trinajstić information content (AvgIpc) is 3.48. The van der Waals surface area contributed by atoms with Crippen molar-refractivity contribution in [3.63, 3.8) is 0 Å². The Morgan fingerprint density at radius 1 is 1.12 bits per heavy atom. The van der Waals surface area contributed by atoms with Crippen LogP contribution in [0.25, 0.3) is 0 Å². The largest absolute Gasteiger partial charge is 0.493 e. The van der Waals surface area contributed by atoms with Gasteiger partial charge in [-0.3, -0.25) is 0 Å². The molecule has 3 aromatic rings. The van der Waals surface area contributed by atoms with Gasteiger partial charge in [0.15, 0.2) is 0 Å². The zero-order chi connectivity index (χ0) is 22.4. The summed E-state index contributed by atoms with van der Waals surface area (Å²) in [6.45, 7) is 1.63. The van der Waals surface area contributed by atoms with Crippen molar-refractivity contribution in [3.05, 3.63) is 82.3 Å². The van der Waals surface area contributed by atoms with Gasteiger partial charge in [0.25, 0.3) is 0 Å². The first-order valence-corrected chi connectivity index (χ1v) is 12.9. The normalized spacial score (nSPS) is 16.5. The van der Waals surface area contributed by atoms with Crippen LogP contribution in [0.3, 0.4) is 0 Å². The zero-order valence-corrected chi connectivity index (χ0v) is 19.3. The summed E-state index contributed by atoms with van der Waals surface area (Å²) in [5, 5.41) is 2.04. The van der Waals surface area contributed by atoms with Crippen LogP contribution in [0, 0.1) is 5.82 Å². The summed E-state index contributed by atoms with van der Waals surface area (Å²) in [5.74, 6) is 0.234. The van der Waals surface area contributed by atoms with Gasteiger partial charge in [0, 0.05) is 31.0 Å². The first-order chi connectivity index (χ1) is 15.5. The van der Waals surface area contributed by atoms with Gasteiger partial charge < -0.3 is 9.47 Å². The molecule has 0 saturated carbocycles. The van der Waals surface area contributed by atoms with E-state index in [1.54, 1.807) is 11.3 Å². The fourth-order valence-electron chi connectivity index (χ4n) is 3.68. The minimum absolute atomic E-state index is 0.0697. The molecule has 0 amide bonds. The Kier molecular flexibility index (Phi) is 7.57. The molecule has 170 valence electrons. The summed E-state index contributed by atoms with van der Waals surface area (Å²) in [5.41, 5.74) is 0.822. The van der Waals surface area contributed by atoms with Gasteiger partial charge in [-0.15, -0.1) is 11.3 Å². The van der Waals surface area contributed by atoms with E-state index in [0.717, 1.165) is 24.8 Å². The summed E-state index contributed by atoms with van der Waals surface area (Å²) in [7, 11) is -3.82. The highest BCUT2D eigenvalue weighted by Gasteiger charge is 2.29. The lowest BCUT2D eigenvalue weighted by Crippen LogP contribution is -2.37. The van der Waals surface area contributed by atoms with E-state index in [0.29, 0.717) is 19.0 Å². The van der Waals surface area contributed by atoms with Crippen molar-refractivity contribution in [2.45, 2.75) is 36.8 Å². The summed E-state index contributed by atoms with van der Waals surface area (Å²) < 4.78 is 53.0. The molecule has 0 spiro atoms. The molecule has 1 atom stereocenters. The fourth-order valence-corrected chi connectivity index (χ4v) is 5.83. The molecule has 1 aliphatic heterocycles. The summed E-state index contributed by atoms with van der Waals surface area (Å²) >= 11 is 1.70. The van der Waals surface area contributed by atoms with Gasteiger partial charge in [-0.25, -0.2) is 12.8 Å². The number of rotatable bonds is 10. The third-order valence-electron chi connectivity index (χ3n) is 5.34. The van der Waals surface area contributed by atoms with E-state index < -0.39 is 15.8 Å². The molecule has 2 heterocycles. The Hall–Kier alpha value is -2.26. The van der Waals surface area contributed by atoms with Crippen LogP contribution in [0.1, 0.15) is 23.3 Å². The maximum Gasteiger partial charge on any atom is 0.243 e. The molecule has 0 bridgehead atoms. The van der Waals surface area contributed by atoms with Crippen molar-refractivity contribution in [3.8, 4) is 5.75 Å². The maximum absolute atomic E-state index is 13.3. The third kappa shape index (κ3) is 5.95. The van der Waals surface area contributed by atoms with Crippen LogP contribution in [-0.4, -0.2) is 38.6 Å². The molecule has 5 nitrogen and oxygen atoms in total. The molecule has 4 rings (SSSR count). The van der Waals surface area contributed by atoms with E-state index in [4.69, 9.17) is 9.47 Å². The lowest BCUT2D eigenvalue weighted by Gasteiger charge is -2.25. The van der Waals surface area contributed by atoms with Gasteiger partial charge in [-0.05, 0) is 66.2 Å². The third-order valence-corrected chi connectivity index (χ3v) is 8.10. The van der Waals surface area contributed by atoms with Crippen molar-refractivity contribution < 1.29 is 22.3 Å². The Morgan fingerprint density at radius 2 is 1.97 bits per heavy atom. The molecule has 2 aromatic carbocycles. The molecule has 0 radical (unpaired) electrons. The number of ether oxygens (including phenoxy) is 2. The van der Waals surface area contributed by atoms with Crippen LogP contribution < -0.4 is 4.74 Å². The highest BCUT2D eigenvalue weighted by atomic mass is 32.2. The van der Waals surface area contributed by atoms with Crippen molar-refractivity contribution in [1.82, 2.24) is 4.31 Å². The number of thiophene rings is 1. The second-order valence-electron chi connectivity index (χ2n) is 7.71. The smallest absolute Gasteiger partial charge is 0.243 e. The predicted molar refractivity (Wildman–Crippen MR) is 123 cm³/mol. The molecule has 8 heteroatoms. The quantitative estimate of drug-likeness (QED) is 0.419. The lowest BCUT2D eigenvalue weighted by molar-refractivity contribution is 0.0926. The van der Waals surface area contributed by atoms with Gasteiger partial charge in [0.2, 0.25) is 10.0 Å². The Labute approximate surface area is 192 Å². The van der Waals surface area contributed by atoms with E-state index in [2.05, 4.69) is 6.07 Å². The van der Waals surface area contributed by atoms with Gasteiger partial charge >= 0.3 is 0 Å². The minimum Gasteiger partial charge on any atom is -0.493 e. The molecule has 32 heavy (non-hydrogen) atoms. The monoisotopic (exact) mass is 475 g/mol. The average molecular weight is 476 g/mol. The predicted octanol–water partition coefficient (Wildman–Crippen LogP) is 4.88. The minimum atomic E-state index is -3.82. The molecule has 1 aromatic heterocycles. The molecule has 1 saturated heterocycles. The SMILES string of the molecule is O=S(=O)(c1ccc(F)cc1)N(Cc1cccc(OCCc2cccs2)c1)C[C@H]1CCCO1. The number of sulfonamides is 1. The van der Waals surface area contributed by atoms with Gasteiger partial charge in [0.05, 0.1) is 17.6 Å². The summed E-state index contributed by atoms with van der Waals surface area (Å²) in [6.07, 6.45) is 2.42. The first-order valence-electron chi connectivity index (χ1n) is 10.6. The molecule has 1 fully saturated rings. The number of hydrogen-bond acceptors (Lipinski definition) is 5. The number of halogens is 1. The molecule has 0 N–H and O–H groups in total. The van der Waals surface area contributed by atoms with Crippen LogP contribution >= 0.6 is 11.3 Å². The molecular weight excluding hydrogens is 449 g/mol. The first kappa shape index (κ1) is 22.9. The molecule has 0 unspecified atom stereocenters.